The molecule has 8 nitrogen and oxygen atoms in total. The second-order valence-electron chi connectivity index (χ2n) is 5.87. The van der Waals surface area contributed by atoms with Gasteiger partial charge in [-0.2, -0.15) is 13.2 Å². The van der Waals surface area contributed by atoms with Gasteiger partial charge in [-0.25, -0.2) is 4.79 Å². The first kappa shape index (κ1) is 17.8. The summed E-state index contributed by atoms with van der Waals surface area (Å²) in [7, 11) is 0. The number of hydrogen-bond donors (Lipinski definition) is 3. The lowest BCUT2D eigenvalue weighted by Crippen LogP contribution is -2.61. The van der Waals surface area contributed by atoms with E-state index in [1.165, 1.54) is 5.32 Å². The first-order valence-electron chi connectivity index (χ1n) is 6.96. The van der Waals surface area contributed by atoms with Gasteiger partial charge in [0.05, 0.1) is 0 Å². The van der Waals surface area contributed by atoms with E-state index in [1.807, 2.05) is 5.32 Å². The average molecular weight is 348 g/mol. The molecule has 1 aromatic heterocycles. The second kappa shape index (κ2) is 5.49. The Morgan fingerprint density at radius 3 is 2.33 bits per heavy atom. The monoisotopic (exact) mass is 348 g/mol. The third-order valence-corrected chi connectivity index (χ3v) is 3.48. The lowest BCUT2D eigenvalue weighted by Gasteiger charge is -2.29. The van der Waals surface area contributed by atoms with Gasteiger partial charge in [-0.05, 0) is 5.92 Å². The number of nitrogens with zero attached hydrogens (tertiary/aromatic N) is 1. The summed E-state index contributed by atoms with van der Waals surface area (Å²) < 4.78 is 41.8. The Labute approximate surface area is 133 Å². The van der Waals surface area contributed by atoms with Crippen molar-refractivity contribution in [3.63, 3.8) is 0 Å². The predicted molar refractivity (Wildman–Crippen MR) is 76.3 cm³/mol. The van der Waals surface area contributed by atoms with E-state index < -0.39 is 46.2 Å². The van der Waals surface area contributed by atoms with Gasteiger partial charge in [0.2, 0.25) is 11.4 Å². The van der Waals surface area contributed by atoms with Gasteiger partial charge in [-0.1, -0.05) is 13.8 Å². The first-order valence-corrected chi connectivity index (χ1v) is 6.96. The van der Waals surface area contributed by atoms with Gasteiger partial charge in [0, 0.05) is 13.5 Å². The van der Waals surface area contributed by atoms with Crippen molar-refractivity contribution in [3.05, 3.63) is 26.4 Å². The molecule has 1 aromatic rings. The average Bonchev–Trinajstić information content (AvgIpc) is 2.68. The van der Waals surface area contributed by atoms with Crippen LogP contribution in [0, 0.1) is 5.92 Å². The smallest absolute Gasteiger partial charge is 0.331 e. The van der Waals surface area contributed by atoms with Gasteiger partial charge in [-0.15, -0.1) is 0 Å². The van der Waals surface area contributed by atoms with E-state index >= 15 is 0 Å². The van der Waals surface area contributed by atoms with Crippen LogP contribution in [-0.2, 0) is 21.7 Å². The van der Waals surface area contributed by atoms with Gasteiger partial charge in [0.1, 0.15) is 11.4 Å². The molecule has 11 heteroatoms. The van der Waals surface area contributed by atoms with Crippen LogP contribution in [0.1, 0.15) is 26.3 Å². The molecule has 1 aliphatic rings. The molecular weight excluding hydrogens is 333 g/mol. The zero-order valence-electron chi connectivity index (χ0n) is 13.0. The van der Waals surface area contributed by atoms with Crippen LogP contribution in [0.15, 0.2) is 9.59 Å². The normalized spacial score (nSPS) is 20.0. The number of amides is 2. The maximum Gasteiger partial charge on any atom is 0.425 e. The first-order chi connectivity index (χ1) is 10.9. The number of fused-ring (bicyclic) bond motifs is 1. The van der Waals surface area contributed by atoms with E-state index in [-0.39, 0.29) is 12.5 Å². The third kappa shape index (κ3) is 2.49. The molecular formula is C13H15F3N4O4. The minimum absolute atomic E-state index is 0.0355. The Hall–Kier alpha value is -2.59. The summed E-state index contributed by atoms with van der Waals surface area (Å²) in [5, 5.41) is 3.46. The summed E-state index contributed by atoms with van der Waals surface area (Å²) in [6.07, 6.45) is -5.29. The second-order valence-corrected chi connectivity index (χ2v) is 5.87. The summed E-state index contributed by atoms with van der Waals surface area (Å²) in [5.74, 6) is -3.52. The molecule has 2 heterocycles. The quantitative estimate of drug-likeness (QED) is 0.716. The van der Waals surface area contributed by atoms with Crippen LogP contribution in [0.5, 0.6) is 0 Å². The van der Waals surface area contributed by atoms with Crippen molar-refractivity contribution in [1.82, 2.24) is 14.9 Å². The number of H-pyrrole nitrogens is 1. The summed E-state index contributed by atoms with van der Waals surface area (Å²) >= 11 is 0. The van der Waals surface area contributed by atoms with E-state index in [0.717, 1.165) is 11.5 Å². The number of nitrogens with one attached hydrogen (secondary N) is 3. The Bertz CT molecular complexity index is 824. The number of carbonyl (C=O) groups is 2. The molecule has 0 saturated carbocycles. The minimum Gasteiger partial charge on any atom is -0.331 e. The minimum atomic E-state index is -5.29. The van der Waals surface area contributed by atoms with Crippen LogP contribution < -0.4 is 21.9 Å². The highest BCUT2D eigenvalue weighted by molar-refractivity contribution is 6.07. The van der Waals surface area contributed by atoms with E-state index in [9.17, 15) is 32.3 Å². The van der Waals surface area contributed by atoms with Crippen molar-refractivity contribution in [1.29, 1.82) is 0 Å². The largest absolute Gasteiger partial charge is 0.425 e. The fourth-order valence-corrected chi connectivity index (χ4v) is 2.63. The van der Waals surface area contributed by atoms with Crippen LogP contribution in [0.25, 0.3) is 0 Å². The number of aromatic nitrogens is 2. The maximum atomic E-state index is 13.7. The molecule has 1 aliphatic heterocycles. The van der Waals surface area contributed by atoms with Crippen molar-refractivity contribution in [2.75, 3.05) is 5.32 Å². The lowest BCUT2D eigenvalue weighted by molar-refractivity contribution is -0.200. The van der Waals surface area contributed by atoms with Gasteiger partial charge in [0.15, 0.2) is 0 Å². The fraction of sp³-hybridized carbons (Fsp3) is 0.538. The molecule has 0 radical (unpaired) electrons. The summed E-state index contributed by atoms with van der Waals surface area (Å²) in [6.45, 7) is 4.15. The summed E-state index contributed by atoms with van der Waals surface area (Å²) in [5.41, 5.74) is -6.93. The molecule has 2 amide bonds. The summed E-state index contributed by atoms with van der Waals surface area (Å²) in [4.78, 5) is 49.1. The Morgan fingerprint density at radius 1 is 1.29 bits per heavy atom. The molecule has 0 unspecified atom stereocenters. The molecule has 0 spiro atoms. The van der Waals surface area contributed by atoms with Crippen LogP contribution in [0.3, 0.4) is 0 Å². The third-order valence-electron chi connectivity index (χ3n) is 3.48. The zero-order valence-corrected chi connectivity index (χ0v) is 13.0. The van der Waals surface area contributed by atoms with Crippen molar-refractivity contribution in [3.8, 4) is 0 Å². The number of alkyl halides is 3. The van der Waals surface area contributed by atoms with Crippen LogP contribution in [-0.4, -0.2) is 27.5 Å². The molecule has 0 aliphatic carbocycles. The molecule has 0 fully saturated rings. The molecule has 3 N–H and O–H groups in total. The molecule has 0 saturated heterocycles. The highest BCUT2D eigenvalue weighted by Crippen LogP contribution is 2.44. The zero-order chi connectivity index (χ0) is 18.4. The van der Waals surface area contributed by atoms with Crippen molar-refractivity contribution >= 4 is 17.6 Å². The molecule has 0 bridgehead atoms. The van der Waals surface area contributed by atoms with Crippen molar-refractivity contribution in [2.45, 2.75) is 39.0 Å². The number of rotatable bonds is 3. The van der Waals surface area contributed by atoms with Gasteiger partial charge in [-0.3, -0.25) is 23.9 Å². The molecule has 0 aromatic carbocycles. The highest BCUT2D eigenvalue weighted by Gasteiger charge is 2.68. The van der Waals surface area contributed by atoms with E-state index in [4.69, 9.17) is 0 Å². The number of anilines is 1. The number of aromatic amines is 1. The van der Waals surface area contributed by atoms with Crippen molar-refractivity contribution < 1.29 is 22.8 Å². The Kier molecular flexibility index (Phi) is 4.07. The predicted octanol–water partition coefficient (Wildman–Crippen LogP) is 0.0384. The topological polar surface area (TPSA) is 113 Å². The van der Waals surface area contributed by atoms with E-state index in [1.54, 1.807) is 18.8 Å². The molecule has 2 rings (SSSR count). The highest BCUT2D eigenvalue weighted by atomic mass is 19.4. The van der Waals surface area contributed by atoms with Crippen LogP contribution in [0.2, 0.25) is 0 Å². The van der Waals surface area contributed by atoms with Crippen LogP contribution >= 0.6 is 0 Å². The Morgan fingerprint density at radius 2 is 1.88 bits per heavy atom. The summed E-state index contributed by atoms with van der Waals surface area (Å²) in [6, 6.07) is 0. The fourth-order valence-electron chi connectivity index (χ4n) is 2.63. The SMILES string of the molecule is CC(=O)N[C@]1(C(F)(F)F)C(=O)Nc2c1c(=O)[nH]c(=O)n2CC(C)C. The number of halogens is 3. The standard InChI is InChI=1S/C13H15F3N4O4/c1-5(2)4-20-8-7(9(22)18-11(20)24)12(10(23)17-8,13(14,15)16)19-6(3)21/h5H,4H2,1-3H3,(H,17,23)(H,19,21)(H,18,22,24)/t12-/m0/s1. The molecule has 1 atom stereocenters. The van der Waals surface area contributed by atoms with Gasteiger partial charge < -0.3 is 10.6 Å². The maximum absolute atomic E-state index is 13.7. The Balaban J connectivity index is 2.88. The lowest BCUT2D eigenvalue weighted by atomic mass is 9.92. The van der Waals surface area contributed by atoms with E-state index in [2.05, 4.69) is 0 Å². The van der Waals surface area contributed by atoms with E-state index in [0.29, 0.717) is 0 Å². The number of carbonyl (C=O) groups excluding carboxylic acids is 2. The van der Waals surface area contributed by atoms with Crippen LogP contribution in [0.4, 0.5) is 19.0 Å². The molecule has 132 valence electrons. The van der Waals surface area contributed by atoms with Crippen molar-refractivity contribution in [2.24, 2.45) is 5.92 Å². The number of hydrogen-bond acceptors (Lipinski definition) is 4. The molecule has 24 heavy (non-hydrogen) atoms. The van der Waals surface area contributed by atoms with Gasteiger partial charge in [0.25, 0.3) is 11.5 Å². The van der Waals surface area contributed by atoms with Gasteiger partial charge >= 0.3 is 11.9 Å².